The molecule has 0 radical (unpaired) electrons. The van der Waals surface area contributed by atoms with E-state index in [9.17, 15) is 4.79 Å². The van der Waals surface area contributed by atoms with Crippen LogP contribution in [-0.4, -0.2) is 17.2 Å². The Morgan fingerprint density at radius 2 is 2.12 bits per heavy atom. The largest absolute Gasteiger partial charge is 0.479 e. The predicted octanol–water partition coefficient (Wildman–Crippen LogP) is 2.94. The molecule has 0 fully saturated rings. The van der Waals surface area contributed by atoms with Gasteiger partial charge in [0.15, 0.2) is 6.10 Å². The Morgan fingerprint density at radius 3 is 2.69 bits per heavy atom. The highest BCUT2D eigenvalue weighted by Gasteiger charge is 2.18. The van der Waals surface area contributed by atoms with Crippen molar-refractivity contribution in [3.8, 4) is 5.75 Å². The van der Waals surface area contributed by atoms with Crippen molar-refractivity contribution in [2.45, 2.75) is 39.7 Å². The summed E-state index contributed by atoms with van der Waals surface area (Å²) in [7, 11) is 0. The first-order chi connectivity index (χ1) is 7.54. The number of hydrogen-bond donors (Lipinski definition) is 1. The first-order valence-electron chi connectivity index (χ1n) is 5.51. The molecular formula is C13H18O3. The molecule has 3 nitrogen and oxygen atoms in total. The van der Waals surface area contributed by atoms with Crippen LogP contribution < -0.4 is 4.74 Å². The lowest BCUT2D eigenvalue weighted by Crippen LogP contribution is -2.27. The standard InChI is InChI=1S/C13H18O3/c1-4-5-11(13(14)15)16-12-8-9(2)6-7-10(12)3/h6-8,11H,4-5H2,1-3H3,(H,14,15)/t11-/m0/s1. The zero-order valence-corrected chi connectivity index (χ0v) is 9.99. The lowest BCUT2D eigenvalue weighted by molar-refractivity contribution is -0.145. The number of rotatable bonds is 5. The molecule has 0 heterocycles. The molecule has 16 heavy (non-hydrogen) atoms. The molecular weight excluding hydrogens is 204 g/mol. The summed E-state index contributed by atoms with van der Waals surface area (Å²) in [4.78, 5) is 11.0. The summed E-state index contributed by atoms with van der Waals surface area (Å²) in [5.74, 6) is -0.233. The van der Waals surface area contributed by atoms with E-state index < -0.39 is 12.1 Å². The van der Waals surface area contributed by atoms with E-state index in [0.29, 0.717) is 12.2 Å². The molecule has 0 saturated heterocycles. The van der Waals surface area contributed by atoms with E-state index in [1.165, 1.54) is 0 Å². The maximum atomic E-state index is 11.0. The van der Waals surface area contributed by atoms with E-state index in [2.05, 4.69) is 0 Å². The van der Waals surface area contributed by atoms with Gasteiger partial charge in [0.25, 0.3) is 0 Å². The van der Waals surface area contributed by atoms with Gasteiger partial charge in [0.1, 0.15) is 5.75 Å². The van der Waals surface area contributed by atoms with Crippen molar-refractivity contribution in [1.29, 1.82) is 0 Å². The Bertz CT molecular complexity index is 371. The molecule has 0 aliphatic rings. The fraction of sp³-hybridized carbons (Fsp3) is 0.462. The Hall–Kier alpha value is -1.51. The zero-order valence-electron chi connectivity index (χ0n) is 9.99. The number of benzene rings is 1. The van der Waals surface area contributed by atoms with Crippen LogP contribution in [-0.2, 0) is 4.79 Å². The molecule has 0 aromatic heterocycles. The molecule has 0 saturated carbocycles. The summed E-state index contributed by atoms with van der Waals surface area (Å²) in [6, 6.07) is 5.80. The lowest BCUT2D eigenvalue weighted by atomic mass is 10.1. The first kappa shape index (κ1) is 12.6. The third kappa shape index (κ3) is 3.26. The topological polar surface area (TPSA) is 46.5 Å². The van der Waals surface area contributed by atoms with Crippen LogP contribution >= 0.6 is 0 Å². The van der Waals surface area contributed by atoms with Crippen LogP contribution in [0.1, 0.15) is 30.9 Å². The van der Waals surface area contributed by atoms with Gasteiger partial charge in [-0.3, -0.25) is 0 Å². The van der Waals surface area contributed by atoms with E-state index in [-0.39, 0.29) is 0 Å². The Balaban J connectivity index is 2.84. The third-order valence-corrected chi connectivity index (χ3v) is 2.44. The van der Waals surface area contributed by atoms with Crippen LogP contribution in [0, 0.1) is 13.8 Å². The first-order valence-corrected chi connectivity index (χ1v) is 5.51. The van der Waals surface area contributed by atoms with Crippen molar-refractivity contribution < 1.29 is 14.6 Å². The van der Waals surface area contributed by atoms with E-state index in [1.807, 2.05) is 39.0 Å². The smallest absolute Gasteiger partial charge is 0.344 e. The van der Waals surface area contributed by atoms with Crippen molar-refractivity contribution in [3.05, 3.63) is 29.3 Å². The highest BCUT2D eigenvalue weighted by atomic mass is 16.5. The van der Waals surface area contributed by atoms with Crippen LogP contribution in [0.5, 0.6) is 5.75 Å². The van der Waals surface area contributed by atoms with E-state index in [1.54, 1.807) is 0 Å². The number of carboxylic acid groups (broad SMARTS) is 1. The summed E-state index contributed by atoms with van der Waals surface area (Å²) >= 11 is 0. The van der Waals surface area contributed by atoms with Gasteiger partial charge in [-0.1, -0.05) is 25.5 Å². The minimum Gasteiger partial charge on any atom is -0.479 e. The number of carboxylic acids is 1. The fourth-order valence-corrected chi connectivity index (χ4v) is 1.48. The molecule has 3 heteroatoms. The molecule has 0 unspecified atom stereocenters. The van der Waals surface area contributed by atoms with Gasteiger partial charge >= 0.3 is 5.97 Å². The van der Waals surface area contributed by atoms with Crippen LogP contribution in [0.25, 0.3) is 0 Å². The van der Waals surface area contributed by atoms with Crippen molar-refractivity contribution in [3.63, 3.8) is 0 Å². The van der Waals surface area contributed by atoms with Crippen LogP contribution in [0.4, 0.5) is 0 Å². The average molecular weight is 222 g/mol. The minimum atomic E-state index is -0.900. The van der Waals surface area contributed by atoms with Crippen LogP contribution in [0.15, 0.2) is 18.2 Å². The number of aliphatic carboxylic acids is 1. The quantitative estimate of drug-likeness (QED) is 0.833. The van der Waals surface area contributed by atoms with Crippen molar-refractivity contribution in [2.75, 3.05) is 0 Å². The van der Waals surface area contributed by atoms with Crippen molar-refractivity contribution >= 4 is 5.97 Å². The van der Waals surface area contributed by atoms with Gasteiger partial charge < -0.3 is 9.84 Å². The second-order valence-corrected chi connectivity index (χ2v) is 4.00. The molecule has 88 valence electrons. The van der Waals surface area contributed by atoms with E-state index in [0.717, 1.165) is 17.5 Å². The zero-order chi connectivity index (χ0) is 12.1. The van der Waals surface area contributed by atoms with Crippen molar-refractivity contribution in [1.82, 2.24) is 0 Å². The number of hydrogen-bond acceptors (Lipinski definition) is 2. The highest BCUT2D eigenvalue weighted by Crippen LogP contribution is 2.21. The molecule has 1 aromatic carbocycles. The van der Waals surface area contributed by atoms with Crippen molar-refractivity contribution in [2.24, 2.45) is 0 Å². The molecule has 0 spiro atoms. The maximum absolute atomic E-state index is 11.0. The summed E-state index contributed by atoms with van der Waals surface area (Å²) in [5.41, 5.74) is 2.04. The second-order valence-electron chi connectivity index (χ2n) is 4.00. The molecule has 0 aliphatic heterocycles. The number of aryl methyl sites for hydroxylation is 2. The highest BCUT2D eigenvalue weighted by molar-refractivity contribution is 5.72. The molecule has 0 aliphatic carbocycles. The van der Waals surface area contributed by atoms with Gasteiger partial charge in [0, 0.05) is 0 Å². The fourth-order valence-electron chi connectivity index (χ4n) is 1.48. The van der Waals surface area contributed by atoms with Crippen LogP contribution in [0.2, 0.25) is 0 Å². The van der Waals surface area contributed by atoms with Crippen LogP contribution in [0.3, 0.4) is 0 Å². The second kappa shape index (κ2) is 5.54. The molecule has 1 aromatic rings. The average Bonchev–Trinajstić information content (AvgIpc) is 2.22. The number of carbonyl (C=O) groups is 1. The summed E-state index contributed by atoms with van der Waals surface area (Å²) in [5, 5.41) is 9.00. The van der Waals surface area contributed by atoms with Gasteiger partial charge in [0.05, 0.1) is 0 Å². The number of ether oxygens (including phenoxy) is 1. The minimum absolute atomic E-state index is 0.530. The SMILES string of the molecule is CCC[C@H](Oc1cc(C)ccc1C)C(=O)O. The third-order valence-electron chi connectivity index (χ3n) is 2.44. The van der Waals surface area contributed by atoms with E-state index in [4.69, 9.17) is 9.84 Å². The Morgan fingerprint density at radius 1 is 1.44 bits per heavy atom. The molecule has 0 amide bonds. The summed E-state index contributed by atoms with van der Waals surface area (Å²) in [6.45, 7) is 5.82. The normalized spacial score (nSPS) is 12.2. The maximum Gasteiger partial charge on any atom is 0.344 e. The van der Waals surface area contributed by atoms with Gasteiger partial charge in [-0.25, -0.2) is 4.79 Å². The van der Waals surface area contributed by atoms with Gasteiger partial charge in [-0.15, -0.1) is 0 Å². The van der Waals surface area contributed by atoms with Gasteiger partial charge in [-0.2, -0.15) is 0 Å². The molecule has 1 N–H and O–H groups in total. The molecule has 0 bridgehead atoms. The Labute approximate surface area is 96.1 Å². The molecule has 1 rings (SSSR count). The molecule has 1 atom stereocenters. The monoisotopic (exact) mass is 222 g/mol. The van der Waals surface area contributed by atoms with E-state index >= 15 is 0 Å². The van der Waals surface area contributed by atoms with Gasteiger partial charge in [0.2, 0.25) is 0 Å². The Kier molecular flexibility index (Phi) is 4.35. The summed E-state index contributed by atoms with van der Waals surface area (Å²) in [6.07, 6.45) is 0.579. The van der Waals surface area contributed by atoms with Gasteiger partial charge in [-0.05, 0) is 37.5 Å². The predicted molar refractivity (Wildman–Crippen MR) is 62.9 cm³/mol. The lowest BCUT2D eigenvalue weighted by Gasteiger charge is -2.16. The summed E-state index contributed by atoms with van der Waals surface area (Å²) < 4.78 is 5.53.